The van der Waals surface area contributed by atoms with Gasteiger partial charge in [0.15, 0.2) is 18.7 Å². The molecule has 0 aliphatic carbocycles. The van der Waals surface area contributed by atoms with E-state index >= 15 is 0 Å². The van der Waals surface area contributed by atoms with E-state index in [1.54, 1.807) is 0 Å². The van der Waals surface area contributed by atoms with Gasteiger partial charge in [-0.15, -0.1) is 0 Å². The highest BCUT2D eigenvalue weighted by Gasteiger charge is 2.56. The lowest BCUT2D eigenvalue weighted by Crippen LogP contribution is -2.67. The van der Waals surface area contributed by atoms with Crippen LogP contribution in [0.15, 0.2) is 182 Å². The molecule has 354 valence electrons. The van der Waals surface area contributed by atoms with Crippen LogP contribution in [0.5, 0.6) is 0 Å². The fourth-order valence-electron chi connectivity index (χ4n) is 8.60. The fraction of sp³-hybridized carbons (Fsp3) is 0.339. The molecular formula is C56H58O12. The zero-order valence-corrected chi connectivity index (χ0v) is 37.9. The Labute approximate surface area is 397 Å². The summed E-state index contributed by atoms with van der Waals surface area (Å²) >= 11 is 0. The van der Waals surface area contributed by atoms with Gasteiger partial charge in [0.25, 0.3) is 0 Å². The summed E-state index contributed by atoms with van der Waals surface area (Å²) in [7, 11) is 0. The van der Waals surface area contributed by atoms with Crippen molar-refractivity contribution >= 4 is 5.97 Å². The largest absolute Gasteiger partial charge is 0.455 e. The highest BCUT2D eigenvalue weighted by molar-refractivity contribution is 5.71. The molecule has 3 heterocycles. The molecule has 12 nitrogen and oxygen atoms in total. The third-order valence-electron chi connectivity index (χ3n) is 12.0. The predicted molar refractivity (Wildman–Crippen MR) is 250 cm³/mol. The maximum Gasteiger partial charge on any atom is 0.332 e. The van der Waals surface area contributed by atoms with Crippen LogP contribution in [-0.4, -0.2) is 87.2 Å². The van der Waals surface area contributed by atoms with Crippen molar-refractivity contribution in [2.24, 2.45) is 0 Å². The lowest BCUT2D eigenvalue weighted by atomic mass is 9.96. The molecule has 0 radical (unpaired) electrons. The zero-order valence-electron chi connectivity index (χ0n) is 37.9. The standard InChI is InChI=1S/C56H58O12/c57-48-39-64-52-50(67-48)47(38-59-32-41-21-9-2-10-22-41)66-56(54(52)63-36-45-29-17-6-18-30-45)68-55-53(62-35-44-27-15-5-16-28-44)51(61-34-43-25-13-4-14-26-43)49(60-33-42-23-11-3-12-24-42)46(65-55)37-58-31-40-19-7-1-8-20-40/h1-30,46-47,49-56H,31-39H2/t46-,47-,49-,50+,51+,52+,53+,54-,55-,56+/m1/s1. The minimum atomic E-state index is -1.14. The van der Waals surface area contributed by atoms with Crippen molar-refractivity contribution in [2.75, 3.05) is 19.8 Å². The van der Waals surface area contributed by atoms with E-state index in [-0.39, 0.29) is 46.2 Å². The van der Waals surface area contributed by atoms with Gasteiger partial charge in [-0.3, -0.25) is 0 Å². The number of esters is 1. The Morgan fingerprint density at radius 2 is 0.735 bits per heavy atom. The summed E-state index contributed by atoms with van der Waals surface area (Å²) in [4.78, 5) is 12.9. The first-order valence-corrected chi connectivity index (χ1v) is 23.3. The Morgan fingerprint density at radius 1 is 0.382 bits per heavy atom. The Balaban J connectivity index is 1.06. The number of carbonyl (C=O) groups is 1. The number of hydrogen-bond donors (Lipinski definition) is 0. The van der Waals surface area contributed by atoms with Crippen LogP contribution < -0.4 is 0 Å². The second-order valence-electron chi connectivity index (χ2n) is 17.0. The minimum absolute atomic E-state index is 0.0611. The van der Waals surface area contributed by atoms with Gasteiger partial charge in [-0.2, -0.15) is 0 Å². The molecule has 0 aromatic heterocycles. The van der Waals surface area contributed by atoms with Gasteiger partial charge >= 0.3 is 5.97 Å². The molecule has 0 saturated carbocycles. The Hall–Kier alpha value is -5.61. The van der Waals surface area contributed by atoms with Crippen molar-refractivity contribution in [3.63, 3.8) is 0 Å². The lowest BCUT2D eigenvalue weighted by molar-refractivity contribution is -0.395. The van der Waals surface area contributed by atoms with E-state index in [9.17, 15) is 4.79 Å². The van der Waals surface area contributed by atoms with Gasteiger partial charge < -0.3 is 52.1 Å². The summed E-state index contributed by atoms with van der Waals surface area (Å²) in [6.45, 7) is 1.49. The van der Waals surface area contributed by atoms with Crippen LogP contribution in [0.3, 0.4) is 0 Å². The zero-order chi connectivity index (χ0) is 46.2. The van der Waals surface area contributed by atoms with Crippen LogP contribution in [0.4, 0.5) is 0 Å². The monoisotopic (exact) mass is 922 g/mol. The van der Waals surface area contributed by atoms with Crippen molar-refractivity contribution in [1.29, 1.82) is 0 Å². The number of rotatable bonds is 22. The smallest absolute Gasteiger partial charge is 0.332 e. The van der Waals surface area contributed by atoms with E-state index in [0.29, 0.717) is 13.2 Å². The van der Waals surface area contributed by atoms with Crippen LogP contribution in [0, 0.1) is 0 Å². The molecule has 0 N–H and O–H groups in total. The Morgan fingerprint density at radius 3 is 1.19 bits per heavy atom. The molecule has 10 atom stereocenters. The predicted octanol–water partition coefficient (Wildman–Crippen LogP) is 8.54. The number of carbonyl (C=O) groups excluding carboxylic acids is 1. The van der Waals surface area contributed by atoms with Crippen molar-refractivity contribution in [3.05, 3.63) is 215 Å². The van der Waals surface area contributed by atoms with Crippen LogP contribution in [0.1, 0.15) is 33.4 Å². The third-order valence-corrected chi connectivity index (χ3v) is 12.0. The van der Waals surface area contributed by atoms with Gasteiger partial charge in [-0.25, -0.2) is 4.79 Å². The summed E-state index contributed by atoms with van der Waals surface area (Å²) in [5.41, 5.74) is 5.80. The van der Waals surface area contributed by atoms with Gasteiger partial charge in [0.1, 0.15) is 49.3 Å². The summed E-state index contributed by atoms with van der Waals surface area (Å²) in [6.07, 6.45) is -8.70. The summed E-state index contributed by atoms with van der Waals surface area (Å²) in [5, 5.41) is 0. The lowest BCUT2D eigenvalue weighted by Gasteiger charge is -2.50. The van der Waals surface area contributed by atoms with Crippen molar-refractivity contribution in [2.45, 2.75) is 101 Å². The molecule has 12 heteroatoms. The third kappa shape index (κ3) is 13.1. The molecule has 0 bridgehead atoms. The first-order chi connectivity index (χ1) is 33.6. The van der Waals surface area contributed by atoms with E-state index in [0.717, 1.165) is 33.4 Å². The Bertz CT molecular complexity index is 2360. The second-order valence-corrected chi connectivity index (χ2v) is 17.0. The van der Waals surface area contributed by atoms with E-state index in [1.165, 1.54) is 0 Å². The normalized spacial score (nSPS) is 25.9. The molecule has 3 fully saturated rings. The van der Waals surface area contributed by atoms with E-state index < -0.39 is 67.4 Å². The topological polar surface area (TPSA) is 119 Å². The minimum Gasteiger partial charge on any atom is -0.455 e. The Kier molecular flexibility index (Phi) is 17.2. The molecule has 6 aromatic rings. The maximum atomic E-state index is 12.9. The molecule has 0 spiro atoms. The van der Waals surface area contributed by atoms with Gasteiger partial charge in [0.2, 0.25) is 0 Å². The fourth-order valence-corrected chi connectivity index (χ4v) is 8.60. The maximum absolute atomic E-state index is 12.9. The van der Waals surface area contributed by atoms with Gasteiger partial charge in [-0.05, 0) is 33.4 Å². The van der Waals surface area contributed by atoms with Crippen molar-refractivity contribution in [1.82, 2.24) is 0 Å². The molecule has 0 amide bonds. The summed E-state index contributed by atoms with van der Waals surface area (Å²) < 4.78 is 73.6. The molecule has 9 rings (SSSR count). The second kappa shape index (κ2) is 24.6. The van der Waals surface area contributed by atoms with Gasteiger partial charge in [0.05, 0.1) is 52.9 Å². The molecular weight excluding hydrogens is 865 g/mol. The van der Waals surface area contributed by atoms with E-state index in [1.807, 2.05) is 182 Å². The molecule has 0 unspecified atom stereocenters. The molecule has 68 heavy (non-hydrogen) atoms. The summed E-state index contributed by atoms with van der Waals surface area (Å²) in [6, 6.07) is 59.5. The quantitative estimate of drug-likeness (QED) is 0.0608. The van der Waals surface area contributed by atoms with E-state index in [2.05, 4.69) is 0 Å². The SMILES string of the molecule is O=C1CO[C@H]2[C@@H](O1)[C@@H](COCc1ccccc1)O[C@@H](O[C@H]1O[C@H](COCc3ccccc3)[C@@H](OCc3ccccc3)[C@H](OCc3ccccc3)[C@@H]1OCc1ccccc1)[C@@H]2OCc1ccccc1. The first kappa shape index (κ1) is 47.5. The van der Waals surface area contributed by atoms with Crippen LogP contribution >= 0.6 is 0 Å². The average Bonchev–Trinajstić information content (AvgIpc) is 3.39. The number of ether oxygens (including phenoxy) is 11. The highest BCUT2D eigenvalue weighted by atomic mass is 16.8. The van der Waals surface area contributed by atoms with Crippen LogP contribution in [0.2, 0.25) is 0 Å². The molecule has 3 aliphatic rings. The van der Waals surface area contributed by atoms with Crippen LogP contribution in [-0.2, 0) is 96.5 Å². The molecule has 6 aromatic carbocycles. The van der Waals surface area contributed by atoms with Crippen LogP contribution in [0.25, 0.3) is 0 Å². The number of hydrogen-bond acceptors (Lipinski definition) is 12. The first-order valence-electron chi connectivity index (χ1n) is 23.3. The average molecular weight is 923 g/mol. The van der Waals surface area contributed by atoms with Crippen molar-refractivity contribution in [3.8, 4) is 0 Å². The highest BCUT2D eigenvalue weighted by Crippen LogP contribution is 2.37. The summed E-state index contributed by atoms with van der Waals surface area (Å²) in [5.74, 6) is -0.507. The van der Waals surface area contributed by atoms with Crippen molar-refractivity contribution < 1.29 is 56.9 Å². The molecule has 3 aliphatic heterocycles. The number of benzene rings is 6. The van der Waals surface area contributed by atoms with Gasteiger partial charge in [-0.1, -0.05) is 182 Å². The number of fused-ring (bicyclic) bond motifs is 1. The van der Waals surface area contributed by atoms with Gasteiger partial charge in [0, 0.05) is 0 Å². The van der Waals surface area contributed by atoms with E-state index in [4.69, 9.17) is 52.1 Å². The molecule has 3 saturated heterocycles.